The van der Waals surface area contributed by atoms with Crippen molar-refractivity contribution < 1.29 is 38.2 Å². The van der Waals surface area contributed by atoms with Crippen molar-refractivity contribution in [1.82, 2.24) is 21.3 Å². The summed E-state index contributed by atoms with van der Waals surface area (Å²) < 4.78 is 9.34. The largest absolute Gasteiger partial charge is 0.467 e. The molecule has 0 spiro atoms. The normalized spacial score (nSPS) is 27.5. The Labute approximate surface area is 208 Å². The highest BCUT2D eigenvalue weighted by molar-refractivity contribution is 7.80. The molecule has 2 rings (SSSR count). The van der Waals surface area contributed by atoms with Crippen molar-refractivity contribution in [3.05, 3.63) is 0 Å². The third kappa shape index (κ3) is 5.08. The Balaban J connectivity index is 2.33. The summed E-state index contributed by atoms with van der Waals surface area (Å²) in [5.41, 5.74) is -4.42. The van der Waals surface area contributed by atoms with Crippen LogP contribution in [0.1, 0.15) is 19.3 Å². The van der Waals surface area contributed by atoms with Gasteiger partial charge in [-0.15, -0.1) is 0 Å². The second-order valence-corrected chi connectivity index (χ2v) is 8.36. The van der Waals surface area contributed by atoms with Gasteiger partial charge in [-0.25, -0.2) is 9.59 Å². The van der Waals surface area contributed by atoms with Gasteiger partial charge < -0.3 is 30.7 Å². The molecule has 0 aliphatic carbocycles. The minimum Gasteiger partial charge on any atom is -0.467 e. The van der Waals surface area contributed by atoms with Crippen LogP contribution >= 0.6 is 24.4 Å². The van der Waals surface area contributed by atoms with Crippen LogP contribution in [0.2, 0.25) is 0 Å². The van der Waals surface area contributed by atoms with Crippen LogP contribution in [-0.4, -0.2) is 70.8 Å². The van der Waals surface area contributed by atoms with Crippen LogP contribution < -0.4 is 21.3 Å². The van der Waals surface area contributed by atoms with E-state index in [9.17, 15) is 39.3 Å². The Bertz CT molecular complexity index is 1040. The molecule has 2 amide bonds. The van der Waals surface area contributed by atoms with Gasteiger partial charge >= 0.3 is 11.9 Å². The zero-order valence-corrected chi connectivity index (χ0v) is 19.9. The summed E-state index contributed by atoms with van der Waals surface area (Å²) in [6, 6.07) is 3.24. The Hall–Kier alpha value is -4.02. The fourth-order valence-electron chi connectivity index (χ4n) is 3.87. The minimum atomic E-state index is -2.21. The van der Waals surface area contributed by atoms with Crippen molar-refractivity contribution in [2.45, 2.75) is 30.3 Å². The molecule has 0 aromatic heterocycles. The van der Waals surface area contributed by atoms with Crippen molar-refractivity contribution >= 4 is 70.0 Å². The molecule has 0 bridgehead atoms. The molecule has 0 aromatic carbocycles. The lowest BCUT2D eigenvalue weighted by atomic mass is 9.76. The summed E-state index contributed by atoms with van der Waals surface area (Å²) in [6.45, 7) is 0. The molecular formula is C19H18N6O8S2. The number of carbonyl (C=O) groups is 6. The van der Waals surface area contributed by atoms with Gasteiger partial charge in [0.25, 0.3) is 0 Å². The predicted octanol–water partition coefficient (Wildman–Crippen LogP) is -2.59. The molecule has 0 radical (unpaired) electrons. The number of carbonyl (C=O) groups excluding carboxylic acids is 6. The first-order chi connectivity index (χ1) is 16.4. The van der Waals surface area contributed by atoms with E-state index in [1.807, 2.05) is 0 Å². The fourth-order valence-corrected chi connectivity index (χ4v) is 4.44. The Morgan fingerprint density at radius 1 is 0.829 bits per heavy atom. The standard InChI is InChI=1S/C19H18N6O8S2/c1-32-14(30)18(10(6-20)12(28)22-16(34)24-18)4-8(26)3-9(27)5-19(15(31)33-2)11(7-21)13(29)23-17(35)25-19/h10-11H,3-5H2,1-2H3,(H2,22,24,28,34)(H2,23,25,29,35)/t10-,11-,18-,19-/m1/s1. The molecule has 2 fully saturated rings. The first-order valence-corrected chi connectivity index (χ1v) is 10.5. The first kappa shape index (κ1) is 27.2. The average Bonchev–Trinajstić information content (AvgIpc) is 2.76. The summed E-state index contributed by atoms with van der Waals surface area (Å²) in [7, 11) is 1.94. The van der Waals surface area contributed by atoms with E-state index in [1.165, 1.54) is 0 Å². The molecule has 2 aliphatic rings. The number of thiocarbonyl (C=S) groups is 2. The highest BCUT2D eigenvalue weighted by atomic mass is 32.1. The summed E-state index contributed by atoms with van der Waals surface area (Å²) in [5.74, 6) is -9.51. The van der Waals surface area contributed by atoms with Gasteiger partial charge in [0.05, 0.1) is 32.8 Å². The summed E-state index contributed by atoms with van der Waals surface area (Å²) in [4.78, 5) is 75.2. The number of hydrogen-bond donors (Lipinski definition) is 4. The SMILES string of the molecule is COC(=O)[C@]1(CC(=O)CC(=O)C[C@@]2(C(=O)OC)NC(=S)NC(=O)[C@H]2C#N)NC(=S)NC(=O)[C@H]1C#N. The van der Waals surface area contributed by atoms with Gasteiger partial charge in [0.1, 0.15) is 11.6 Å². The molecule has 0 unspecified atom stereocenters. The van der Waals surface area contributed by atoms with Crippen LogP contribution in [0.5, 0.6) is 0 Å². The molecule has 0 aromatic rings. The number of amides is 2. The predicted molar refractivity (Wildman–Crippen MR) is 119 cm³/mol. The molecule has 35 heavy (non-hydrogen) atoms. The molecule has 2 saturated heterocycles. The molecular weight excluding hydrogens is 504 g/mol. The summed E-state index contributed by atoms with van der Waals surface area (Å²) in [6.07, 6.45) is -2.60. The number of methoxy groups -OCH3 is 2. The maximum atomic E-state index is 12.8. The van der Waals surface area contributed by atoms with Gasteiger partial charge in [0, 0.05) is 12.8 Å². The monoisotopic (exact) mass is 522 g/mol. The second-order valence-electron chi connectivity index (χ2n) is 7.54. The Morgan fingerprint density at radius 2 is 1.17 bits per heavy atom. The number of rotatable bonds is 8. The van der Waals surface area contributed by atoms with Crippen molar-refractivity contribution in [2.24, 2.45) is 11.8 Å². The third-order valence-corrected chi connectivity index (χ3v) is 5.77. The average molecular weight is 523 g/mol. The van der Waals surface area contributed by atoms with Gasteiger partial charge in [0.15, 0.2) is 33.1 Å². The third-order valence-electron chi connectivity index (χ3n) is 5.36. The van der Waals surface area contributed by atoms with E-state index < -0.39 is 77.5 Å². The highest BCUT2D eigenvalue weighted by Gasteiger charge is 2.57. The number of ketones is 2. The molecule has 4 atom stereocenters. The zero-order valence-electron chi connectivity index (χ0n) is 18.3. The molecule has 14 nitrogen and oxygen atoms in total. The number of esters is 2. The van der Waals surface area contributed by atoms with Gasteiger partial charge in [-0.2, -0.15) is 10.5 Å². The molecule has 2 heterocycles. The molecule has 4 N–H and O–H groups in total. The summed E-state index contributed by atoms with van der Waals surface area (Å²) >= 11 is 9.75. The van der Waals surface area contributed by atoms with E-state index in [1.54, 1.807) is 12.1 Å². The second kappa shape index (κ2) is 10.5. The Kier molecular flexibility index (Phi) is 8.16. The molecule has 2 aliphatic heterocycles. The number of nitrogens with one attached hydrogen (secondary N) is 4. The first-order valence-electron chi connectivity index (χ1n) is 9.66. The van der Waals surface area contributed by atoms with Crippen molar-refractivity contribution in [3.63, 3.8) is 0 Å². The van der Waals surface area contributed by atoms with Crippen LogP contribution in [-0.2, 0) is 38.2 Å². The highest BCUT2D eigenvalue weighted by Crippen LogP contribution is 2.30. The maximum absolute atomic E-state index is 12.8. The number of nitriles is 2. The smallest absolute Gasteiger partial charge is 0.333 e. The van der Waals surface area contributed by atoms with Gasteiger partial charge in [0.2, 0.25) is 11.8 Å². The van der Waals surface area contributed by atoms with Crippen molar-refractivity contribution in [2.75, 3.05) is 14.2 Å². The number of ether oxygens (including phenoxy) is 2. The van der Waals surface area contributed by atoms with E-state index in [0.29, 0.717) is 0 Å². The zero-order chi connectivity index (χ0) is 26.6. The van der Waals surface area contributed by atoms with Crippen molar-refractivity contribution in [1.29, 1.82) is 10.5 Å². The van der Waals surface area contributed by atoms with Crippen LogP contribution in [0.4, 0.5) is 0 Å². The lowest BCUT2D eigenvalue weighted by Crippen LogP contribution is -2.70. The van der Waals surface area contributed by atoms with Crippen LogP contribution in [0.25, 0.3) is 0 Å². The lowest BCUT2D eigenvalue weighted by molar-refractivity contribution is -0.155. The lowest BCUT2D eigenvalue weighted by Gasteiger charge is -2.39. The van der Waals surface area contributed by atoms with Gasteiger partial charge in [-0.1, -0.05) is 0 Å². The molecule has 184 valence electrons. The Morgan fingerprint density at radius 3 is 1.46 bits per heavy atom. The van der Waals surface area contributed by atoms with E-state index >= 15 is 0 Å². The number of nitrogens with zero attached hydrogens (tertiary/aromatic N) is 2. The maximum Gasteiger partial charge on any atom is 0.333 e. The summed E-state index contributed by atoms with van der Waals surface area (Å²) in [5, 5.41) is 27.4. The van der Waals surface area contributed by atoms with E-state index in [4.69, 9.17) is 24.4 Å². The molecule has 0 saturated carbocycles. The number of Topliss-reactive ketones (excluding diaryl/α,β-unsaturated/α-hetero) is 2. The minimum absolute atomic E-state index is 0.335. The van der Waals surface area contributed by atoms with Gasteiger partial charge in [-0.05, 0) is 24.4 Å². The van der Waals surface area contributed by atoms with Gasteiger partial charge in [-0.3, -0.25) is 19.2 Å². The fraction of sp³-hybridized carbons (Fsp3) is 0.474. The van der Waals surface area contributed by atoms with E-state index in [0.717, 1.165) is 14.2 Å². The van der Waals surface area contributed by atoms with Crippen molar-refractivity contribution in [3.8, 4) is 12.1 Å². The topological polar surface area (TPSA) is 217 Å². The number of hydrogen-bond acceptors (Lipinski definition) is 12. The van der Waals surface area contributed by atoms with Crippen LogP contribution in [0.3, 0.4) is 0 Å². The van der Waals surface area contributed by atoms with E-state index in [2.05, 4.69) is 30.7 Å². The molecule has 16 heteroatoms. The van der Waals surface area contributed by atoms with Crippen LogP contribution in [0.15, 0.2) is 0 Å². The van der Waals surface area contributed by atoms with Crippen LogP contribution in [0, 0.1) is 34.5 Å². The quantitative estimate of drug-likeness (QED) is 0.146. The van der Waals surface area contributed by atoms with E-state index in [-0.39, 0.29) is 10.2 Å².